The summed E-state index contributed by atoms with van der Waals surface area (Å²) in [6, 6.07) is 1.61. The predicted octanol–water partition coefficient (Wildman–Crippen LogP) is 2.02. The van der Waals surface area contributed by atoms with Crippen molar-refractivity contribution in [1.82, 2.24) is 19.8 Å². The van der Waals surface area contributed by atoms with E-state index >= 15 is 0 Å². The SMILES string of the molecule is COCCC(=O)N1CCC(c2nc([C@H]3CCCN(C(=O)C4CCC4)C3)cc(=O)[nH]2)CC1. The van der Waals surface area contributed by atoms with E-state index in [9.17, 15) is 14.4 Å². The normalized spacial score (nSPS) is 22.9. The number of hydrogen-bond donors (Lipinski definition) is 1. The minimum Gasteiger partial charge on any atom is -0.384 e. The van der Waals surface area contributed by atoms with Gasteiger partial charge in [-0.05, 0) is 38.5 Å². The van der Waals surface area contributed by atoms with Crippen molar-refractivity contribution in [3.8, 4) is 0 Å². The Morgan fingerprint density at radius 2 is 1.84 bits per heavy atom. The average Bonchev–Trinajstić information content (AvgIpc) is 2.76. The summed E-state index contributed by atoms with van der Waals surface area (Å²) in [5, 5.41) is 0. The van der Waals surface area contributed by atoms with Crippen LogP contribution in [-0.4, -0.2) is 71.5 Å². The number of aromatic amines is 1. The van der Waals surface area contributed by atoms with Gasteiger partial charge in [0.25, 0.3) is 5.56 Å². The van der Waals surface area contributed by atoms with Crippen LogP contribution in [-0.2, 0) is 14.3 Å². The first kappa shape index (κ1) is 22.0. The Morgan fingerprint density at radius 1 is 1.06 bits per heavy atom. The molecule has 4 rings (SSSR count). The van der Waals surface area contributed by atoms with Crippen LogP contribution in [0.1, 0.15) is 74.7 Å². The number of ether oxygens (including phenoxy) is 1. The molecule has 8 heteroatoms. The van der Waals surface area contributed by atoms with E-state index < -0.39 is 0 Å². The van der Waals surface area contributed by atoms with Gasteiger partial charge in [0, 0.05) is 57.1 Å². The molecule has 0 spiro atoms. The summed E-state index contributed by atoms with van der Waals surface area (Å²) < 4.78 is 5.00. The van der Waals surface area contributed by atoms with Crippen molar-refractivity contribution < 1.29 is 14.3 Å². The van der Waals surface area contributed by atoms with Crippen LogP contribution in [0.5, 0.6) is 0 Å². The van der Waals surface area contributed by atoms with E-state index in [2.05, 4.69) is 4.98 Å². The second kappa shape index (κ2) is 9.94. The Bertz CT molecular complexity index is 842. The molecule has 31 heavy (non-hydrogen) atoms. The molecule has 2 saturated heterocycles. The lowest BCUT2D eigenvalue weighted by molar-refractivity contribution is -0.139. The van der Waals surface area contributed by atoms with Crippen LogP contribution in [0.25, 0.3) is 0 Å². The minimum absolute atomic E-state index is 0.119. The summed E-state index contributed by atoms with van der Waals surface area (Å²) in [7, 11) is 1.60. The fraction of sp³-hybridized carbons (Fsp3) is 0.739. The van der Waals surface area contributed by atoms with Gasteiger partial charge in [0.15, 0.2) is 0 Å². The van der Waals surface area contributed by atoms with Gasteiger partial charge in [-0.25, -0.2) is 4.98 Å². The first-order valence-corrected chi connectivity index (χ1v) is 11.7. The van der Waals surface area contributed by atoms with Crippen LogP contribution in [0, 0.1) is 5.92 Å². The second-order valence-electron chi connectivity index (χ2n) is 9.20. The molecule has 1 aromatic rings. The van der Waals surface area contributed by atoms with E-state index in [4.69, 9.17) is 9.72 Å². The smallest absolute Gasteiger partial charge is 0.251 e. The van der Waals surface area contributed by atoms with Gasteiger partial charge in [-0.3, -0.25) is 14.4 Å². The number of nitrogens with zero attached hydrogens (tertiary/aromatic N) is 3. The molecule has 170 valence electrons. The van der Waals surface area contributed by atoms with Gasteiger partial charge < -0.3 is 19.5 Å². The predicted molar refractivity (Wildman–Crippen MR) is 116 cm³/mol. The summed E-state index contributed by atoms with van der Waals surface area (Å²) in [6.07, 6.45) is 7.09. The van der Waals surface area contributed by atoms with Crippen molar-refractivity contribution in [2.45, 2.75) is 63.2 Å². The van der Waals surface area contributed by atoms with Crippen LogP contribution < -0.4 is 5.56 Å². The Kier molecular flexibility index (Phi) is 7.05. The molecule has 1 aliphatic carbocycles. The standard InChI is InChI=1S/C23H34N4O4/c1-31-13-9-21(29)26-11-7-16(8-12-26)22-24-19(14-20(28)25-22)18-6-3-10-27(15-18)23(30)17-4-2-5-17/h14,16-18H,2-13,15H2,1H3,(H,24,25,28)/t18-/m0/s1. The second-order valence-corrected chi connectivity index (χ2v) is 9.20. The molecule has 0 aromatic carbocycles. The Balaban J connectivity index is 1.40. The van der Waals surface area contributed by atoms with Gasteiger partial charge >= 0.3 is 0 Å². The van der Waals surface area contributed by atoms with Crippen molar-refractivity contribution >= 4 is 11.8 Å². The van der Waals surface area contributed by atoms with Crippen LogP contribution in [0.3, 0.4) is 0 Å². The molecule has 2 amide bonds. The van der Waals surface area contributed by atoms with Crippen molar-refractivity contribution in [2.75, 3.05) is 39.9 Å². The number of likely N-dealkylation sites (tertiary alicyclic amines) is 2. The number of H-pyrrole nitrogens is 1. The molecule has 3 heterocycles. The van der Waals surface area contributed by atoms with Crippen molar-refractivity contribution in [3.05, 3.63) is 27.9 Å². The summed E-state index contributed by atoms with van der Waals surface area (Å²) >= 11 is 0. The zero-order valence-corrected chi connectivity index (χ0v) is 18.5. The van der Waals surface area contributed by atoms with Gasteiger partial charge in [-0.1, -0.05) is 6.42 Å². The number of carbonyl (C=O) groups is 2. The highest BCUT2D eigenvalue weighted by Crippen LogP contribution is 2.32. The van der Waals surface area contributed by atoms with Crippen molar-refractivity contribution in [3.63, 3.8) is 0 Å². The van der Waals surface area contributed by atoms with E-state index in [-0.39, 0.29) is 35.1 Å². The highest BCUT2D eigenvalue weighted by Gasteiger charge is 2.33. The van der Waals surface area contributed by atoms with Gasteiger partial charge in [0.2, 0.25) is 11.8 Å². The summed E-state index contributed by atoms with van der Waals surface area (Å²) in [4.78, 5) is 49.0. The largest absolute Gasteiger partial charge is 0.384 e. The van der Waals surface area contributed by atoms with Gasteiger partial charge in [0.05, 0.1) is 18.7 Å². The molecule has 1 atom stereocenters. The topological polar surface area (TPSA) is 95.6 Å². The molecule has 1 N–H and O–H groups in total. The molecule has 2 aliphatic heterocycles. The van der Waals surface area contributed by atoms with Crippen LogP contribution >= 0.6 is 0 Å². The fourth-order valence-corrected chi connectivity index (χ4v) is 4.98. The minimum atomic E-state index is -0.124. The third kappa shape index (κ3) is 5.17. The van der Waals surface area contributed by atoms with Crippen LogP contribution in [0.15, 0.2) is 10.9 Å². The Labute approximate surface area is 183 Å². The molecule has 3 fully saturated rings. The lowest BCUT2D eigenvalue weighted by Gasteiger charge is -2.37. The number of carbonyl (C=O) groups excluding carboxylic acids is 2. The number of aromatic nitrogens is 2. The van der Waals surface area contributed by atoms with Gasteiger partial charge in [0.1, 0.15) is 5.82 Å². The Hall–Kier alpha value is -2.22. The summed E-state index contributed by atoms with van der Waals surface area (Å²) in [6.45, 7) is 3.27. The summed E-state index contributed by atoms with van der Waals surface area (Å²) in [5.41, 5.74) is 0.685. The van der Waals surface area contributed by atoms with E-state index in [1.165, 1.54) is 0 Å². The van der Waals surface area contributed by atoms with E-state index in [1.807, 2.05) is 9.80 Å². The van der Waals surface area contributed by atoms with Crippen molar-refractivity contribution in [2.24, 2.45) is 5.92 Å². The number of amides is 2. The van der Waals surface area contributed by atoms with Gasteiger partial charge in [-0.2, -0.15) is 0 Å². The van der Waals surface area contributed by atoms with Crippen LogP contribution in [0.2, 0.25) is 0 Å². The maximum Gasteiger partial charge on any atom is 0.251 e. The molecule has 0 radical (unpaired) electrons. The Morgan fingerprint density at radius 3 is 2.52 bits per heavy atom. The van der Waals surface area contributed by atoms with E-state index in [1.54, 1.807) is 13.2 Å². The van der Waals surface area contributed by atoms with Crippen molar-refractivity contribution in [1.29, 1.82) is 0 Å². The van der Waals surface area contributed by atoms with E-state index in [0.29, 0.717) is 32.7 Å². The maximum absolute atomic E-state index is 12.7. The third-order valence-corrected chi connectivity index (χ3v) is 7.14. The lowest BCUT2D eigenvalue weighted by atomic mass is 9.83. The first-order valence-electron chi connectivity index (χ1n) is 11.7. The molecule has 3 aliphatic rings. The molecule has 8 nitrogen and oxygen atoms in total. The first-order chi connectivity index (χ1) is 15.0. The zero-order chi connectivity index (χ0) is 21.8. The number of nitrogens with one attached hydrogen (secondary N) is 1. The third-order valence-electron chi connectivity index (χ3n) is 7.14. The quantitative estimate of drug-likeness (QED) is 0.745. The molecular formula is C23H34N4O4. The number of rotatable bonds is 6. The lowest BCUT2D eigenvalue weighted by Crippen LogP contribution is -2.44. The fourth-order valence-electron chi connectivity index (χ4n) is 4.98. The maximum atomic E-state index is 12.7. The van der Waals surface area contributed by atoms with Crippen LogP contribution in [0.4, 0.5) is 0 Å². The summed E-state index contributed by atoms with van der Waals surface area (Å²) in [5.74, 6) is 1.61. The highest BCUT2D eigenvalue weighted by molar-refractivity contribution is 5.79. The average molecular weight is 431 g/mol. The number of methoxy groups -OCH3 is 1. The molecule has 0 bridgehead atoms. The van der Waals surface area contributed by atoms with E-state index in [0.717, 1.165) is 63.0 Å². The zero-order valence-electron chi connectivity index (χ0n) is 18.5. The highest BCUT2D eigenvalue weighted by atomic mass is 16.5. The molecule has 1 saturated carbocycles. The monoisotopic (exact) mass is 430 g/mol. The molecule has 0 unspecified atom stereocenters. The number of hydrogen-bond acceptors (Lipinski definition) is 5. The number of piperidine rings is 2. The molecule has 1 aromatic heterocycles. The molecular weight excluding hydrogens is 396 g/mol. The van der Waals surface area contributed by atoms with Gasteiger partial charge in [-0.15, -0.1) is 0 Å².